The molecule has 0 fully saturated rings. The van der Waals surface area contributed by atoms with Crippen molar-refractivity contribution in [1.82, 2.24) is 0 Å². The maximum Gasteiger partial charge on any atom is 0.150 e. The van der Waals surface area contributed by atoms with Crippen molar-refractivity contribution in [3.63, 3.8) is 0 Å². The Morgan fingerprint density at radius 1 is 1.43 bits per heavy atom. The summed E-state index contributed by atoms with van der Waals surface area (Å²) in [6.45, 7) is 0. The third-order valence-corrected chi connectivity index (χ3v) is 0.350. The van der Waals surface area contributed by atoms with Crippen LogP contribution in [0.15, 0.2) is 5.10 Å². The molecule has 0 unspecified atom stereocenters. The van der Waals surface area contributed by atoms with Crippen molar-refractivity contribution in [3.05, 3.63) is 0 Å². The molecule has 0 rings (SSSR count). The van der Waals surface area contributed by atoms with Gasteiger partial charge in [0.05, 0.1) is 21.1 Å². The number of quaternary nitrogens is 1. The summed E-state index contributed by atoms with van der Waals surface area (Å²) in [5, 5.41) is 10.0. The second-order valence-electron chi connectivity index (χ2n) is 2.15. The summed E-state index contributed by atoms with van der Waals surface area (Å²) in [4.78, 5) is 0. The Morgan fingerprint density at radius 2 is 1.86 bits per heavy atom. The van der Waals surface area contributed by atoms with Gasteiger partial charge in [0.1, 0.15) is 6.01 Å². The molecule has 0 bridgehead atoms. The Labute approximate surface area is 43.4 Å². The fourth-order valence-electron chi connectivity index (χ4n) is 0.150. The van der Waals surface area contributed by atoms with Gasteiger partial charge in [0, 0.05) is 0 Å². The molecule has 3 heteroatoms. The molecular formula is C4H10N3+. The Kier molecular flexibility index (Phi) is 1.69. The van der Waals surface area contributed by atoms with E-state index in [2.05, 4.69) is 5.10 Å². The molecule has 0 aromatic heterocycles. The molecule has 0 aliphatic heterocycles. The smallest absolute Gasteiger partial charge is 0.150 e. The minimum atomic E-state index is 0.420. The topological polar surface area (TPSA) is 36.2 Å². The van der Waals surface area contributed by atoms with Crippen LogP contribution in [0, 0.1) is 5.41 Å². The van der Waals surface area contributed by atoms with Crippen LogP contribution in [0.1, 0.15) is 0 Å². The van der Waals surface area contributed by atoms with E-state index in [0.29, 0.717) is 4.59 Å². The monoisotopic (exact) mass is 100 g/mol. The molecule has 0 saturated heterocycles. The molecule has 40 valence electrons. The minimum absolute atomic E-state index is 0.420. The van der Waals surface area contributed by atoms with Crippen molar-refractivity contribution in [2.45, 2.75) is 0 Å². The van der Waals surface area contributed by atoms with E-state index in [1.54, 1.807) is 0 Å². The van der Waals surface area contributed by atoms with Gasteiger partial charge in [0.2, 0.25) is 0 Å². The van der Waals surface area contributed by atoms with E-state index in [1.165, 1.54) is 0 Å². The van der Waals surface area contributed by atoms with Crippen molar-refractivity contribution in [2.24, 2.45) is 5.10 Å². The molecule has 0 saturated carbocycles. The van der Waals surface area contributed by atoms with E-state index in [-0.39, 0.29) is 0 Å². The second-order valence-corrected chi connectivity index (χ2v) is 2.15. The molecule has 0 amide bonds. The zero-order valence-electron chi connectivity index (χ0n) is 4.89. The third-order valence-electron chi connectivity index (χ3n) is 0.350. The fourth-order valence-corrected chi connectivity index (χ4v) is 0.150. The van der Waals surface area contributed by atoms with E-state index in [9.17, 15) is 0 Å². The summed E-state index contributed by atoms with van der Waals surface area (Å²) in [6.07, 6.45) is 0. The lowest BCUT2D eigenvalue weighted by Gasteiger charge is -2.10. The molecule has 3 nitrogen and oxygen atoms in total. The van der Waals surface area contributed by atoms with E-state index in [1.807, 2.05) is 27.2 Å². The van der Waals surface area contributed by atoms with Gasteiger partial charge in [-0.25, -0.2) is 5.41 Å². The average Bonchev–Trinajstić information content (AvgIpc) is 1.30. The lowest BCUT2D eigenvalue weighted by molar-refractivity contribution is -0.876. The Balaban J connectivity index is 3.80. The number of rotatable bonds is 1. The molecule has 0 heterocycles. The van der Waals surface area contributed by atoms with Gasteiger partial charge in [0.15, 0.2) is 0 Å². The predicted octanol–water partition coefficient (Wildman–Crippen LogP) is 0.360. The van der Waals surface area contributed by atoms with Crippen LogP contribution in [0.5, 0.6) is 0 Å². The number of nitrogens with one attached hydrogen (secondary N) is 1. The molecule has 0 aromatic carbocycles. The Morgan fingerprint density at radius 3 is 1.86 bits per heavy atom. The van der Waals surface area contributed by atoms with Crippen molar-refractivity contribution in [3.8, 4) is 0 Å². The molecule has 7 heavy (non-hydrogen) atoms. The molecule has 1 N–H and O–H groups in total. The van der Waals surface area contributed by atoms with Gasteiger partial charge in [-0.3, -0.25) is 0 Å². The van der Waals surface area contributed by atoms with Gasteiger partial charge in [-0.1, -0.05) is 0 Å². The maximum absolute atomic E-state index is 6.43. The van der Waals surface area contributed by atoms with Gasteiger partial charge in [-0.2, -0.15) is 4.59 Å². The molecule has 0 aliphatic carbocycles. The first-order valence-corrected chi connectivity index (χ1v) is 2.02. The lowest BCUT2D eigenvalue weighted by atomic mass is 10.9. The summed E-state index contributed by atoms with van der Waals surface area (Å²) < 4.78 is 0.420. The summed E-state index contributed by atoms with van der Waals surface area (Å²) in [5.74, 6) is 0. The first-order chi connectivity index (χ1) is 3.06. The van der Waals surface area contributed by atoms with Crippen molar-refractivity contribution in [2.75, 3.05) is 21.1 Å². The summed E-state index contributed by atoms with van der Waals surface area (Å²) in [6, 6.07) is 1.95. The van der Waals surface area contributed by atoms with Gasteiger partial charge in [-0.15, -0.1) is 0 Å². The van der Waals surface area contributed by atoms with Gasteiger partial charge in [0.25, 0.3) is 0 Å². The van der Waals surface area contributed by atoms with Gasteiger partial charge >= 0.3 is 0 Å². The normalized spacial score (nSPS) is 10.1. The molecular weight excluding hydrogens is 90.1 g/mol. The van der Waals surface area contributed by atoms with Crippen LogP contribution in [0.3, 0.4) is 0 Å². The zero-order valence-corrected chi connectivity index (χ0v) is 4.89. The van der Waals surface area contributed by atoms with Crippen LogP contribution in [0.2, 0.25) is 0 Å². The molecule has 0 aromatic rings. The summed E-state index contributed by atoms with van der Waals surface area (Å²) in [5.41, 5.74) is 0. The largest absolute Gasteiger partial charge is 0.237 e. The molecule has 0 atom stereocenters. The fraction of sp³-hybridized carbons (Fsp3) is 0.750. The van der Waals surface area contributed by atoms with E-state index < -0.39 is 0 Å². The average molecular weight is 100 g/mol. The maximum atomic E-state index is 6.43. The number of hydrogen-bond acceptors (Lipinski definition) is 2. The first kappa shape index (κ1) is 6.34. The summed E-state index contributed by atoms with van der Waals surface area (Å²) >= 11 is 0. The van der Waals surface area contributed by atoms with E-state index in [0.717, 1.165) is 0 Å². The zero-order chi connectivity index (χ0) is 5.91. The van der Waals surface area contributed by atoms with E-state index >= 15 is 0 Å². The molecule has 0 radical (unpaired) electrons. The minimum Gasteiger partial charge on any atom is -0.237 e. The standard InChI is InChI=1S/C4H10N3/c1-7(2,3)6-4-5/h5H,1-3H3/q+1. The molecule has 0 aliphatic rings. The van der Waals surface area contributed by atoms with Crippen LogP contribution in [-0.4, -0.2) is 31.7 Å². The lowest BCUT2D eigenvalue weighted by Crippen LogP contribution is -2.26. The Hall–Kier alpha value is -0.660. The first-order valence-electron chi connectivity index (χ1n) is 2.02. The SMILES string of the molecule is C[N+](C)(C)N=C=N. The highest BCUT2D eigenvalue weighted by Gasteiger charge is 1.99. The van der Waals surface area contributed by atoms with Crippen molar-refractivity contribution >= 4 is 6.01 Å². The quantitative estimate of drug-likeness (QED) is 0.280. The van der Waals surface area contributed by atoms with Crippen LogP contribution >= 0.6 is 0 Å². The number of hydrogen-bond donors (Lipinski definition) is 1. The third kappa shape index (κ3) is 5.34. The Bertz CT molecular complexity index is 94.0. The summed E-state index contributed by atoms with van der Waals surface area (Å²) in [7, 11) is 5.59. The van der Waals surface area contributed by atoms with Gasteiger partial charge in [-0.05, 0) is 5.10 Å². The predicted molar refractivity (Wildman–Crippen MR) is 28.2 cm³/mol. The highest BCUT2D eigenvalue weighted by molar-refractivity contribution is 5.34. The van der Waals surface area contributed by atoms with Crippen LogP contribution < -0.4 is 0 Å². The van der Waals surface area contributed by atoms with Crippen molar-refractivity contribution in [1.29, 1.82) is 5.41 Å². The second kappa shape index (κ2) is 1.87. The highest BCUT2D eigenvalue weighted by Crippen LogP contribution is 1.85. The van der Waals surface area contributed by atoms with Crippen LogP contribution in [-0.2, 0) is 0 Å². The van der Waals surface area contributed by atoms with Crippen molar-refractivity contribution < 1.29 is 4.59 Å². The molecule has 0 spiro atoms. The van der Waals surface area contributed by atoms with Crippen LogP contribution in [0.4, 0.5) is 0 Å². The number of nitrogens with zero attached hydrogens (tertiary/aromatic N) is 2. The van der Waals surface area contributed by atoms with E-state index in [4.69, 9.17) is 5.41 Å². The van der Waals surface area contributed by atoms with Crippen LogP contribution in [0.25, 0.3) is 0 Å². The highest BCUT2D eigenvalue weighted by atomic mass is 15.6. The van der Waals surface area contributed by atoms with Gasteiger partial charge < -0.3 is 0 Å².